The molecule has 0 saturated carbocycles. The SMILES string of the molecule is CCOc1cccc(-c2ccc3nc(-c4ccccc4)c(CCC(=O)NCc4ccccc4)n3c2)c1. The van der Waals surface area contributed by atoms with E-state index in [4.69, 9.17) is 9.72 Å². The summed E-state index contributed by atoms with van der Waals surface area (Å²) < 4.78 is 7.82. The molecular formula is C31H29N3O2. The Morgan fingerprint density at radius 1 is 0.861 bits per heavy atom. The van der Waals surface area contributed by atoms with Gasteiger partial charge in [-0.2, -0.15) is 0 Å². The lowest BCUT2D eigenvalue weighted by atomic mass is 10.1. The Morgan fingerprint density at radius 3 is 2.39 bits per heavy atom. The molecule has 0 aliphatic carbocycles. The highest BCUT2D eigenvalue weighted by Gasteiger charge is 2.16. The van der Waals surface area contributed by atoms with Gasteiger partial charge in [0, 0.05) is 24.7 Å². The second-order valence-electron chi connectivity index (χ2n) is 8.64. The van der Waals surface area contributed by atoms with Gasteiger partial charge >= 0.3 is 0 Å². The zero-order chi connectivity index (χ0) is 24.7. The van der Waals surface area contributed by atoms with Crippen LogP contribution in [0.15, 0.2) is 103 Å². The van der Waals surface area contributed by atoms with Crippen LogP contribution in [-0.4, -0.2) is 21.9 Å². The van der Waals surface area contributed by atoms with E-state index in [-0.39, 0.29) is 5.91 Å². The summed E-state index contributed by atoms with van der Waals surface area (Å²) >= 11 is 0. The molecule has 0 aliphatic rings. The summed E-state index contributed by atoms with van der Waals surface area (Å²) in [5.41, 5.74) is 7.06. The van der Waals surface area contributed by atoms with Crippen molar-refractivity contribution in [2.75, 3.05) is 6.61 Å². The van der Waals surface area contributed by atoms with Crippen molar-refractivity contribution in [1.82, 2.24) is 14.7 Å². The number of benzene rings is 3. The molecule has 1 N–H and O–H groups in total. The summed E-state index contributed by atoms with van der Waals surface area (Å²) in [6.07, 6.45) is 3.07. The quantitative estimate of drug-likeness (QED) is 0.272. The lowest BCUT2D eigenvalue weighted by molar-refractivity contribution is -0.121. The number of imidazole rings is 1. The molecule has 0 radical (unpaired) electrons. The van der Waals surface area contributed by atoms with Gasteiger partial charge in [0.25, 0.3) is 0 Å². The number of nitrogens with zero attached hydrogens (tertiary/aromatic N) is 2. The number of aromatic nitrogens is 2. The topological polar surface area (TPSA) is 55.6 Å². The Balaban J connectivity index is 1.45. The summed E-state index contributed by atoms with van der Waals surface area (Å²) in [6.45, 7) is 3.14. The summed E-state index contributed by atoms with van der Waals surface area (Å²) in [6, 6.07) is 32.3. The van der Waals surface area contributed by atoms with Crippen LogP contribution in [-0.2, 0) is 17.8 Å². The predicted octanol–water partition coefficient (Wildman–Crippen LogP) is 6.32. The Labute approximate surface area is 211 Å². The van der Waals surface area contributed by atoms with Crippen molar-refractivity contribution in [3.05, 3.63) is 115 Å². The molecule has 5 rings (SSSR count). The van der Waals surface area contributed by atoms with E-state index in [2.05, 4.69) is 46.2 Å². The van der Waals surface area contributed by atoms with E-state index in [0.29, 0.717) is 26.0 Å². The van der Waals surface area contributed by atoms with Crippen molar-refractivity contribution in [1.29, 1.82) is 0 Å². The van der Waals surface area contributed by atoms with E-state index < -0.39 is 0 Å². The number of ether oxygens (including phenoxy) is 1. The van der Waals surface area contributed by atoms with Gasteiger partial charge < -0.3 is 14.5 Å². The smallest absolute Gasteiger partial charge is 0.220 e. The normalized spacial score (nSPS) is 10.9. The minimum Gasteiger partial charge on any atom is -0.494 e. The fourth-order valence-electron chi connectivity index (χ4n) is 4.38. The zero-order valence-electron chi connectivity index (χ0n) is 20.4. The van der Waals surface area contributed by atoms with Gasteiger partial charge in [-0.15, -0.1) is 0 Å². The summed E-state index contributed by atoms with van der Waals surface area (Å²) in [5, 5.41) is 3.04. The molecule has 5 heteroatoms. The van der Waals surface area contributed by atoms with E-state index in [1.807, 2.05) is 73.7 Å². The number of fused-ring (bicyclic) bond motifs is 1. The highest BCUT2D eigenvalue weighted by Crippen LogP contribution is 2.29. The number of carbonyl (C=O) groups is 1. The molecular weight excluding hydrogens is 446 g/mol. The first kappa shape index (κ1) is 23.4. The van der Waals surface area contributed by atoms with Gasteiger partial charge in [0.1, 0.15) is 11.4 Å². The minimum atomic E-state index is 0.0217. The molecule has 0 bridgehead atoms. The predicted molar refractivity (Wildman–Crippen MR) is 144 cm³/mol. The van der Waals surface area contributed by atoms with E-state index >= 15 is 0 Å². The van der Waals surface area contributed by atoms with Crippen molar-refractivity contribution < 1.29 is 9.53 Å². The van der Waals surface area contributed by atoms with Gasteiger partial charge in [-0.3, -0.25) is 4.79 Å². The number of amides is 1. The van der Waals surface area contributed by atoms with E-state index in [9.17, 15) is 4.79 Å². The lowest BCUT2D eigenvalue weighted by Crippen LogP contribution is -2.23. The summed E-state index contributed by atoms with van der Waals surface area (Å²) in [4.78, 5) is 17.7. The average molecular weight is 476 g/mol. The van der Waals surface area contributed by atoms with Crippen molar-refractivity contribution in [2.45, 2.75) is 26.3 Å². The molecule has 0 aliphatic heterocycles. The van der Waals surface area contributed by atoms with Crippen LogP contribution in [0.5, 0.6) is 5.75 Å². The first-order chi connectivity index (χ1) is 17.7. The van der Waals surface area contributed by atoms with Crippen LogP contribution in [0.25, 0.3) is 28.0 Å². The molecule has 0 saturated heterocycles. The zero-order valence-corrected chi connectivity index (χ0v) is 20.4. The third kappa shape index (κ3) is 5.31. The van der Waals surface area contributed by atoms with Gasteiger partial charge in [-0.25, -0.2) is 4.98 Å². The second-order valence-corrected chi connectivity index (χ2v) is 8.64. The molecule has 0 unspecified atom stereocenters. The number of hydrogen-bond acceptors (Lipinski definition) is 3. The molecule has 1 amide bonds. The summed E-state index contributed by atoms with van der Waals surface area (Å²) in [7, 11) is 0. The first-order valence-electron chi connectivity index (χ1n) is 12.3. The molecule has 0 atom stereocenters. The van der Waals surface area contributed by atoms with Crippen molar-refractivity contribution >= 4 is 11.6 Å². The third-order valence-electron chi connectivity index (χ3n) is 6.16. The molecule has 0 spiro atoms. The third-order valence-corrected chi connectivity index (χ3v) is 6.16. The Morgan fingerprint density at radius 2 is 1.61 bits per heavy atom. The van der Waals surface area contributed by atoms with Gasteiger partial charge in [-0.1, -0.05) is 72.8 Å². The molecule has 2 aromatic heterocycles. The molecule has 2 heterocycles. The molecule has 5 nitrogen and oxygen atoms in total. The Kier molecular flexibility index (Phi) is 7.08. The monoisotopic (exact) mass is 475 g/mol. The lowest BCUT2D eigenvalue weighted by Gasteiger charge is -2.10. The highest BCUT2D eigenvalue weighted by molar-refractivity contribution is 5.77. The van der Waals surface area contributed by atoms with Crippen molar-refractivity contribution in [2.24, 2.45) is 0 Å². The molecule has 3 aromatic carbocycles. The maximum absolute atomic E-state index is 12.7. The average Bonchev–Trinajstić information content (AvgIpc) is 3.30. The molecule has 180 valence electrons. The maximum atomic E-state index is 12.7. The highest BCUT2D eigenvalue weighted by atomic mass is 16.5. The number of hydrogen-bond donors (Lipinski definition) is 1. The van der Waals surface area contributed by atoms with E-state index in [1.165, 1.54) is 0 Å². The number of aryl methyl sites for hydroxylation is 1. The summed E-state index contributed by atoms with van der Waals surface area (Å²) in [5.74, 6) is 0.870. The van der Waals surface area contributed by atoms with Crippen LogP contribution in [0.1, 0.15) is 24.6 Å². The van der Waals surface area contributed by atoms with Crippen LogP contribution in [0.2, 0.25) is 0 Å². The van der Waals surface area contributed by atoms with Crippen molar-refractivity contribution in [3.8, 4) is 28.1 Å². The minimum absolute atomic E-state index is 0.0217. The van der Waals surface area contributed by atoms with Crippen LogP contribution in [0, 0.1) is 0 Å². The largest absolute Gasteiger partial charge is 0.494 e. The Bertz CT molecular complexity index is 1460. The van der Waals surface area contributed by atoms with E-state index in [1.54, 1.807) is 0 Å². The van der Waals surface area contributed by atoms with Crippen LogP contribution in [0.4, 0.5) is 0 Å². The van der Waals surface area contributed by atoms with Gasteiger partial charge in [0.05, 0.1) is 18.0 Å². The molecule has 5 aromatic rings. The van der Waals surface area contributed by atoms with Gasteiger partial charge in [0.15, 0.2) is 0 Å². The molecule has 36 heavy (non-hydrogen) atoms. The van der Waals surface area contributed by atoms with Gasteiger partial charge in [-0.05, 0) is 54.3 Å². The first-order valence-corrected chi connectivity index (χ1v) is 12.3. The Hall–Kier alpha value is -4.38. The number of carbonyl (C=O) groups excluding carboxylic acids is 1. The molecule has 0 fully saturated rings. The van der Waals surface area contributed by atoms with Crippen molar-refractivity contribution in [3.63, 3.8) is 0 Å². The standard InChI is InChI=1S/C31H29N3O2/c1-2-36-27-15-9-14-25(20-27)26-16-18-29-33-31(24-12-7-4-8-13-24)28(34(29)22-26)17-19-30(35)32-21-23-10-5-3-6-11-23/h3-16,18,20,22H,2,17,19,21H2,1H3,(H,32,35). The second kappa shape index (κ2) is 10.9. The number of rotatable bonds is 9. The maximum Gasteiger partial charge on any atom is 0.220 e. The van der Waals surface area contributed by atoms with Crippen LogP contribution < -0.4 is 10.1 Å². The van der Waals surface area contributed by atoms with Crippen LogP contribution in [0.3, 0.4) is 0 Å². The van der Waals surface area contributed by atoms with E-state index in [0.717, 1.165) is 45.0 Å². The number of pyridine rings is 1. The number of nitrogens with one attached hydrogen (secondary N) is 1. The fraction of sp³-hybridized carbons (Fsp3) is 0.161. The fourth-order valence-corrected chi connectivity index (χ4v) is 4.38. The van der Waals surface area contributed by atoms with Gasteiger partial charge in [0.2, 0.25) is 5.91 Å². The van der Waals surface area contributed by atoms with Crippen LogP contribution >= 0.6 is 0 Å².